The minimum atomic E-state index is -0.937. The number of carbonyl (C=O) groups is 2. The molecule has 7 nitrogen and oxygen atoms in total. The second-order valence-electron chi connectivity index (χ2n) is 7.45. The predicted octanol–water partition coefficient (Wildman–Crippen LogP) is 3.86. The van der Waals surface area contributed by atoms with Gasteiger partial charge in [-0.1, -0.05) is 19.1 Å². The Morgan fingerprint density at radius 3 is 2.73 bits per heavy atom. The Morgan fingerprint density at radius 1 is 1.27 bits per heavy atom. The lowest BCUT2D eigenvalue weighted by atomic mass is 10.1. The number of anilines is 1. The number of nitrogens with zero attached hydrogens (tertiary/aromatic N) is 3. The fourth-order valence-electron chi connectivity index (χ4n) is 3.77. The molecule has 0 bridgehead atoms. The molecule has 0 spiro atoms. The summed E-state index contributed by atoms with van der Waals surface area (Å²) in [5, 5.41) is 13.7. The molecule has 1 saturated heterocycles. The van der Waals surface area contributed by atoms with E-state index in [4.69, 9.17) is 0 Å². The molecule has 2 N–H and O–H groups in total. The third kappa shape index (κ3) is 4.00. The van der Waals surface area contributed by atoms with E-state index in [-0.39, 0.29) is 5.91 Å². The SMILES string of the molecule is CCc1cc2c(NCc3ccc(C(=O)N4CCCC4C(=O)O)cc3)nc(C)nc2s1. The highest BCUT2D eigenvalue weighted by molar-refractivity contribution is 7.18. The van der Waals surface area contributed by atoms with Gasteiger partial charge in [0.2, 0.25) is 0 Å². The van der Waals surface area contributed by atoms with Crippen molar-refractivity contribution in [2.45, 2.75) is 45.7 Å². The number of rotatable bonds is 6. The van der Waals surface area contributed by atoms with Gasteiger partial charge in [-0.2, -0.15) is 0 Å². The number of hydrogen-bond donors (Lipinski definition) is 2. The quantitative estimate of drug-likeness (QED) is 0.624. The Balaban J connectivity index is 1.47. The van der Waals surface area contributed by atoms with Crippen LogP contribution in [-0.4, -0.2) is 44.4 Å². The number of hydrogen-bond acceptors (Lipinski definition) is 6. The largest absolute Gasteiger partial charge is 0.480 e. The molecule has 8 heteroatoms. The standard InChI is InChI=1S/C22H24N4O3S/c1-3-16-11-17-19(24-13(2)25-20(17)30-16)23-12-14-6-8-15(9-7-14)21(27)26-10-4-5-18(26)22(28)29/h6-9,11,18H,3-5,10,12H2,1-2H3,(H,28,29)(H,23,24,25). The first-order valence-corrected chi connectivity index (χ1v) is 10.9. The molecule has 1 aliphatic heterocycles. The van der Waals surface area contributed by atoms with Crippen LogP contribution in [0.15, 0.2) is 30.3 Å². The Kier molecular flexibility index (Phi) is 5.67. The zero-order chi connectivity index (χ0) is 21.3. The lowest BCUT2D eigenvalue weighted by molar-refractivity contribution is -0.141. The zero-order valence-electron chi connectivity index (χ0n) is 17.0. The average Bonchev–Trinajstić information content (AvgIpc) is 3.38. The van der Waals surface area contributed by atoms with Gasteiger partial charge in [0, 0.05) is 23.5 Å². The minimum absolute atomic E-state index is 0.224. The minimum Gasteiger partial charge on any atom is -0.480 e. The highest BCUT2D eigenvalue weighted by atomic mass is 32.1. The summed E-state index contributed by atoms with van der Waals surface area (Å²) in [6.45, 7) is 5.07. The number of amides is 1. The molecule has 1 aromatic carbocycles. The molecule has 4 rings (SSSR count). The van der Waals surface area contributed by atoms with E-state index in [1.165, 1.54) is 9.78 Å². The van der Waals surface area contributed by atoms with Gasteiger partial charge in [-0.25, -0.2) is 14.8 Å². The van der Waals surface area contributed by atoms with E-state index in [0.29, 0.717) is 25.1 Å². The summed E-state index contributed by atoms with van der Waals surface area (Å²) in [6, 6.07) is 8.72. The van der Waals surface area contributed by atoms with Gasteiger partial charge in [0.05, 0.1) is 5.39 Å². The van der Waals surface area contributed by atoms with E-state index in [9.17, 15) is 14.7 Å². The van der Waals surface area contributed by atoms with Gasteiger partial charge in [0.1, 0.15) is 22.5 Å². The number of fused-ring (bicyclic) bond motifs is 1. The van der Waals surface area contributed by atoms with Gasteiger partial charge in [0.25, 0.3) is 5.91 Å². The fourth-order valence-corrected chi connectivity index (χ4v) is 4.78. The van der Waals surface area contributed by atoms with Crippen LogP contribution < -0.4 is 5.32 Å². The number of thiophene rings is 1. The second-order valence-corrected chi connectivity index (χ2v) is 8.57. The van der Waals surface area contributed by atoms with Crippen LogP contribution in [0.5, 0.6) is 0 Å². The number of carboxylic acid groups (broad SMARTS) is 1. The van der Waals surface area contributed by atoms with Crippen molar-refractivity contribution in [1.82, 2.24) is 14.9 Å². The van der Waals surface area contributed by atoms with Crippen molar-refractivity contribution in [3.05, 3.63) is 52.2 Å². The summed E-state index contributed by atoms with van der Waals surface area (Å²) in [6.07, 6.45) is 2.20. The van der Waals surface area contributed by atoms with E-state index in [0.717, 1.165) is 40.3 Å². The highest BCUT2D eigenvalue weighted by Gasteiger charge is 2.34. The highest BCUT2D eigenvalue weighted by Crippen LogP contribution is 2.29. The maximum atomic E-state index is 12.7. The van der Waals surface area contributed by atoms with Crippen molar-refractivity contribution in [1.29, 1.82) is 0 Å². The third-order valence-corrected chi connectivity index (χ3v) is 6.54. The summed E-state index contributed by atoms with van der Waals surface area (Å²) >= 11 is 1.69. The molecular formula is C22H24N4O3S. The van der Waals surface area contributed by atoms with E-state index in [1.54, 1.807) is 23.5 Å². The number of carbonyl (C=O) groups excluding carboxylic acids is 1. The average molecular weight is 425 g/mol. The maximum absolute atomic E-state index is 12.7. The zero-order valence-corrected chi connectivity index (χ0v) is 17.8. The summed E-state index contributed by atoms with van der Waals surface area (Å²) in [7, 11) is 0. The molecule has 0 aliphatic carbocycles. The number of benzene rings is 1. The van der Waals surface area contributed by atoms with Crippen LogP contribution >= 0.6 is 11.3 Å². The van der Waals surface area contributed by atoms with Crippen molar-refractivity contribution in [2.75, 3.05) is 11.9 Å². The smallest absolute Gasteiger partial charge is 0.326 e. The molecule has 2 aromatic heterocycles. The Morgan fingerprint density at radius 2 is 2.03 bits per heavy atom. The Hall–Kier alpha value is -3.00. The summed E-state index contributed by atoms with van der Waals surface area (Å²) in [5.41, 5.74) is 1.52. The first kappa shape index (κ1) is 20.3. The molecule has 3 aromatic rings. The fraction of sp³-hybridized carbons (Fsp3) is 0.364. The van der Waals surface area contributed by atoms with Gasteiger partial charge < -0.3 is 15.3 Å². The van der Waals surface area contributed by atoms with Crippen LogP contribution in [0, 0.1) is 6.92 Å². The number of nitrogens with one attached hydrogen (secondary N) is 1. The monoisotopic (exact) mass is 424 g/mol. The maximum Gasteiger partial charge on any atom is 0.326 e. The molecule has 1 aliphatic rings. The van der Waals surface area contributed by atoms with E-state index in [1.807, 2.05) is 19.1 Å². The first-order chi connectivity index (χ1) is 14.5. The third-order valence-electron chi connectivity index (χ3n) is 5.36. The molecule has 156 valence electrons. The number of aliphatic carboxylic acids is 1. The normalized spacial score (nSPS) is 16.2. The van der Waals surface area contributed by atoms with Gasteiger partial charge in [-0.05, 0) is 49.9 Å². The molecule has 1 unspecified atom stereocenters. The Bertz CT molecular complexity index is 1090. The van der Waals surface area contributed by atoms with Crippen LogP contribution in [-0.2, 0) is 17.8 Å². The summed E-state index contributed by atoms with van der Waals surface area (Å²) in [4.78, 5) is 36.9. The van der Waals surface area contributed by atoms with E-state index >= 15 is 0 Å². The second kappa shape index (κ2) is 8.39. The number of aromatic nitrogens is 2. The summed E-state index contributed by atoms with van der Waals surface area (Å²) in [5.74, 6) is 0.384. The van der Waals surface area contributed by atoms with Crippen LogP contribution in [0.25, 0.3) is 10.2 Å². The topological polar surface area (TPSA) is 95.4 Å². The predicted molar refractivity (Wildman–Crippen MR) is 117 cm³/mol. The lowest BCUT2D eigenvalue weighted by Gasteiger charge is -2.21. The van der Waals surface area contributed by atoms with Crippen LogP contribution in [0.4, 0.5) is 5.82 Å². The number of carboxylic acids is 1. The van der Waals surface area contributed by atoms with Gasteiger partial charge >= 0.3 is 5.97 Å². The van der Waals surface area contributed by atoms with Crippen LogP contribution in [0.1, 0.15) is 46.4 Å². The summed E-state index contributed by atoms with van der Waals surface area (Å²) < 4.78 is 0. The number of aryl methyl sites for hydroxylation is 2. The molecule has 30 heavy (non-hydrogen) atoms. The van der Waals surface area contributed by atoms with E-state index < -0.39 is 12.0 Å². The molecular weight excluding hydrogens is 400 g/mol. The first-order valence-electron chi connectivity index (χ1n) is 10.1. The lowest BCUT2D eigenvalue weighted by Crippen LogP contribution is -2.40. The van der Waals surface area contributed by atoms with Gasteiger partial charge in [-0.15, -0.1) is 11.3 Å². The molecule has 1 atom stereocenters. The molecule has 1 fully saturated rings. The molecule has 1 amide bonds. The van der Waals surface area contributed by atoms with E-state index in [2.05, 4.69) is 28.3 Å². The van der Waals surface area contributed by atoms with Gasteiger partial charge in [0.15, 0.2) is 0 Å². The van der Waals surface area contributed by atoms with Crippen molar-refractivity contribution in [3.63, 3.8) is 0 Å². The van der Waals surface area contributed by atoms with Crippen LogP contribution in [0.3, 0.4) is 0 Å². The van der Waals surface area contributed by atoms with Crippen molar-refractivity contribution < 1.29 is 14.7 Å². The molecule has 0 saturated carbocycles. The number of likely N-dealkylation sites (tertiary alicyclic amines) is 1. The molecule has 0 radical (unpaired) electrons. The van der Waals surface area contributed by atoms with Gasteiger partial charge in [-0.3, -0.25) is 4.79 Å². The van der Waals surface area contributed by atoms with Crippen LogP contribution in [0.2, 0.25) is 0 Å². The van der Waals surface area contributed by atoms with Crippen molar-refractivity contribution in [2.24, 2.45) is 0 Å². The Labute approximate surface area is 178 Å². The van der Waals surface area contributed by atoms with Crippen molar-refractivity contribution in [3.8, 4) is 0 Å². The van der Waals surface area contributed by atoms with Crippen molar-refractivity contribution >= 4 is 39.2 Å². The molecule has 3 heterocycles.